The van der Waals surface area contributed by atoms with Crippen LogP contribution in [-0.2, 0) is 11.8 Å². The molecule has 1 aromatic rings. The largest absolute Gasteiger partial charge is 0.441 e. The van der Waals surface area contributed by atoms with Gasteiger partial charge in [0.25, 0.3) is 5.91 Å². The van der Waals surface area contributed by atoms with E-state index in [4.69, 9.17) is 4.74 Å². The topological polar surface area (TPSA) is 76.5 Å². The number of rotatable bonds is 1. The number of carbonyl (C=O) groups excluding carboxylic acids is 2. The van der Waals surface area contributed by atoms with Gasteiger partial charge >= 0.3 is 6.09 Å². The number of aryl methyl sites for hydroxylation is 1. The molecule has 3 heterocycles. The molecule has 0 saturated carbocycles. The monoisotopic (exact) mass is 278 g/mol. The molecule has 7 nitrogen and oxygen atoms in total. The second kappa shape index (κ2) is 4.81. The van der Waals surface area contributed by atoms with E-state index in [2.05, 4.69) is 10.3 Å². The Morgan fingerprint density at radius 1 is 1.45 bits per heavy atom. The Balaban J connectivity index is 1.70. The summed E-state index contributed by atoms with van der Waals surface area (Å²) in [6.45, 7) is 1.79. The number of nitrogens with one attached hydrogen (secondary N) is 1. The quantitative estimate of drug-likeness (QED) is 0.812. The molecule has 1 N–H and O–H groups in total. The maximum absolute atomic E-state index is 12.4. The SMILES string of the molecule is Cn1ccnc1C(=O)N1CCCC2(CC1)CNC(=O)O2. The number of alkyl carbamates (subject to hydrolysis) is 1. The lowest BCUT2D eigenvalue weighted by Gasteiger charge is -2.24. The van der Waals surface area contributed by atoms with Gasteiger partial charge in [0.1, 0.15) is 5.60 Å². The van der Waals surface area contributed by atoms with Crippen molar-refractivity contribution in [2.75, 3.05) is 19.6 Å². The lowest BCUT2D eigenvalue weighted by molar-refractivity contribution is 0.0437. The molecule has 2 amide bonds. The summed E-state index contributed by atoms with van der Waals surface area (Å²) in [6, 6.07) is 0. The normalized spacial score (nSPS) is 26.2. The minimum atomic E-state index is -0.437. The van der Waals surface area contributed by atoms with Crippen LogP contribution in [0.25, 0.3) is 0 Å². The molecule has 0 aromatic carbocycles. The van der Waals surface area contributed by atoms with Gasteiger partial charge in [-0.2, -0.15) is 0 Å². The highest BCUT2D eigenvalue weighted by Gasteiger charge is 2.42. The maximum Gasteiger partial charge on any atom is 0.407 e. The Morgan fingerprint density at radius 3 is 2.95 bits per heavy atom. The van der Waals surface area contributed by atoms with Crippen molar-refractivity contribution < 1.29 is 14.3 Å². The molecule has 2 saturated heterocycles. The molecular weight excluding hydrogens is 260 g/mol. The van der Waals surface area contributed by atoms with Gasteiger partial charge in [-0.1, -0.05) is 0 Å². The van der Waals surface area contributed by atoms with Gasteiger partial charge in [-0.25, -0.2) is 9.78 Å². The summed E-state index contributed by atoms with van der Waals surface area (Å²) >= 11 is 0. The van der Waals surface area contributed by atoms with Crippen LogP contribution < -0.4 is 5.32 Å². The van der Waals surface area contributed by atoms with E-state index < -0.39 is 5.60 Å². The van der Waals surface area contributed by atoms with E-state index in [9.17, 15) is 9.59 Å². The number of amides is 2. The summed E-state index contributed by atoms with van der Waals surface area (Å²) in [5.74, 6) is 0.384. The van der Waals surface area contributed by atoms with Crippen molar-refractivity contribution in [3.63, 3.8) is 0 Å². The molecule has 108 valence electrons. The molecule has 2 fully saturated rings. The van der Waals surface area contributed by atoms with E-state index >= 15 is 0 Å². The molecule has 0 radical (unpaired) electrons. The van der Waals surface area contributed by atoms with E-state index in [0.29, 0.717) is 31.9 Å². The fourth-order valence-corrected chi connectivity index (χ4v) is 2.86. The van der Waals surface area contributed by atoms with Crippen molar-refractivity contribution >= 4 is 12.0 Å². The van der Waals surface area contributed by atoms with Crippen LogP contribution >= 0.6 is 0 Å². The zero-order chi connectivity index (χ0) is 14.2. The van der Waals surface area contributed by atoms with Gasteiger partial charge in [0.2, 0.25) is 0 Å². The van der Waals surface area contributed by atoms with E-state index in [1.807, 2.05) is 7.05 Å². The summed E-state index contributed by atoms with van der Waals surface area (Å²) in [6.07, 6.45) is 5.31. The predicted molar refractivity (Wildman–Crippen MR) is 70.2 cm³/mol. The Labute approximate surface area is 116 Å². The summed E-state index contributed by atoms with van der Waals surface area (Å²) in [5, 5.41) is 2.71. The van der Waals surface area contributed by atoms with Gasteiger partial charge in [-0.3, -0.25) is 4.79 Å². The number of ether oxygens (including phenoxy) is 1. The van der Waals surface area contributed by atoms with Crippen molar-refractivity contribution in [1.82, 2.24) is 19.8 Å². The summed E-state index contributed by atoms with van der Waals surface area (Å²) in [5.41, 5.74) is -0.437. The third-order valence-electron chi connectivity index (χ3n) is 4.06. The van der Waals surface area contributed by atoms with Crippen LogP contribution in [0.2, 0.25) is 0 Å². The van der Waals surface area contributed by atoms with Crippen molar-refractivity contribution in [2.45, 2.75) is 24.9 Å². The van der Waals surface area contributed by atoms with Gasteiger partial charge in [-0.15, -0.1) is 0 Å². The van der Waals surface area contributed by atoms with E-state index in [0.717, 1.165) is 12.8 Å². The summed E-state index contributed by atoms with van der Waals surface area (Å²) in [7, 11) is 1.81. The number of aromatic nitrogens is 2. The molecule has 1 spiro atoms. The van der Waals surface area contributed by atoms with Gasteiger partial charge in [0, 0.05) is 39.0 Å². The first-order valence-electron chi connectivity index (χ1n) is 6.83. The zero-order valence-electron chi connectivity index (χ0n) is 11.5. The van der Waals surface area contributed by atoms with Gasteiger partial charge in [-0.05, 0) is 12.8 Å². The van der Waals surface area contributed by atoms with Gasteiger partial charge < -0.3 is 19.5 Å². The zero-order valence-corrected chi connectivity index (χ0v) is 11.5. The number of nitrogens with zero attached hydrogens (tertiary/aromatic N) is 3. The van der Waals surface area contributed by atoms with Crippen LogP contribution in [-0.4, -0.2) is 51.7 Å². The van der Waals surface area contributed by atoms with Gasteiger partial charge in [0.05, 0.1) is 6.54 Å². The smallest absolute Gasteiger partial charge is 0.407 e. The minimum Gasteiger partial charge on any atom is -0.441 e. The number of carbonyl (C=O) groups is 2. The van der Waals surface area contributed by atoms with Crippen molar-refractivity contribution in [3.05, 3.63) is 18.2 Å². The lowest BCUT2D eigenvalue weighted by atomic mass is 9.95. The van der Waals surface area contributed by atoms with E-state index in [1.165, 1.54) is 0 Å². The first-order chi connectivity index (χ1) is 9.60. The molecule has 0 bridgehead atoms. The van der Waals surface area contributed by atoms with Crippen molar-refractivity contribution in [3.8, 4) is 0 Å². The van der Waals surface area contributed by atoms with Crippen LogP contribution in [0.4, 0.5) is 4.79 Å². The first-order valence-corrected chi connectivity index (χ1v) is 6.83. The lowest BCUT2D eigenvalue weighted by Crippen LogP contribution is -2.37. The molecule has 1 unspecified atom stereocenters. The van der Waals surface area contributed by atoms with Crippen molar-refractivity contribution in [1.29, 1.82) is 0 Å². The number of hydrogen-bond acceptors (Lipinski definition) is 4. The molecule has 2 aliphatic heterocycles. The fourth-order valence-electron chi connectivity index (χ4n) is 2.86. The second-order valence-electron chi connectivity index (χ2n) is 5.43. The second-order valence-corrected chi connectivity index (χ2v) is 5.43. The summed E-state index contributed by atoms with van der Waals surface area (Å²) < 4.78 is 7.13. The van der Waals surface area contributed by atoms with Crippen LogP contribution in [0, 0.1) is 0 Å². The minimum absolute atomic E-state index is 0.0631. The van der Waals surface area contributed by atoms with E-state index in [1.54, 1.807) is 21.9 Å². The molecule has 20 heavy (non-hydrogen) atoms. The Hall–Kier alpha value is -2.05. The molecule has 1 atom stereocenters. The average Bonchev–Trinajstić information content (AvgIpc) is 2.93. The predicted octanol–water partition coefficient (Wildman–Crippen LogP) is 0.525. The van der Waals surface area contributed by atoms with Crippen LogP contribution in [0.1, 0.15) is 29.9 Å². The molecule has 7 heteroatoms. The number of likely N-dealkylation sites (tertiary alicyclic amines) is 1. The fraction of sp³-hybridized carbons (Fsp3) is 0.615. The highest BCUT2D eigenvalue weighted by Crippen LogP contribution is 2.29. The molecule has 0 aliphatic carbocycles. The van der Waals surface area contributed by atoms with E-state index in [-0.39, 0.29) is 12.0 Å². The Kier molecular flexibility index (Phi) is 3.11. The van der Waals surface area contributed by atoms with Crippen LogP contribution in [0.5, 0.6) is 0 Å². The maximum atomic E-state index is 12.4. The molecule has 3 rings (SSSR count). The van der Waals surface area contributed by atoms with Crippen LogP contribution in [0.15, 0.2) is 12.4 Å². The standard InChI is InChI=1S/C13H18N4O3/c1-16-8-5-14-10(16)11(18)17-6-2-3-13(4-7-17)9-15-12(19)20-13/h5,8H,2-4,6-7,9H2,1H3,(H,15,19). The molecular formula is C13H18N4O3. The number of imidazole rings is 1. The Bertz CT molecular complexity index is 541. The van der Waals surface area contributed by atoms with Crippen molar-refractivity contribution in [2.24, 2.45) is 7.05 Å². The first kappa shape index (κ1) is 13.0. The van der Waals surface area contributed by atoms with Gasteiger partial charge in [0.15, 0.2) is 5.82 Å². The third kappa shape index (κ3) is 2.23. The van der Waals surface area contributed by atoms with Crippen LogP contribution in [0.3, 0.4) is 0 Å². The number of hydrogen-bond donors (Lipinski definition) is 1. The molecule has 2 aliphatic rings. The third-order valence-corrected chi connectivity index (χ3v) is 4.06. The summed E-state index contributed by atoms with van der Waals surface area (Å²) in [4.78, 5) is 29.6. The highest BCUT2D eigenvalue weighted by molar-refractivity contribution is 5.90. The highest BCUT2D eigenvalue weighted by atomic mass is 16.6. The average molecular weight is 278 g/mol. The Morgan fingerprint density at radius 2 is 2.30 bits per heavy atom. The molecule has 1 aromatic heterocycles.